The molecule has 0 spiro atoms. The maximum absolute atomic E-state index is 10.6. The van der Waals surface area contributed by atoms with Gasteiger partial charge in [0.1, 0.15) is 6.10 Å². The molecule has 0 radical (unpaired) electrons. The van der Waals surface area contributed by atoms with Crippen molar-refractivity contribution >= 4 is 23.2 Å². The molecule has 100 valence electrons. The van der Waals surface area contributed by atoms with Crippen molar-refractivity contribution in [1.82, 2.24) is 0 Å². The van der Waals surface area contributed by atoms with E-state index in [1.54, 1.807) is 18.2 Å². The lowest BCUT2D eigenvalue weighted by Gasteiger charge is -2.17. The molecule has 0 bridgehead atoms. The number of hydrogen-bond donors (Lipinski definition) is 1. The van der Waals surface area contributed by atoms with Crippen LogP contribution in [0.15, 0.2) is 30.3 Å². The number of aliphatic hydroxyl groups excluding tert-OH is 1. The number of aryl methyl sites for hydroxylation is 3. The molecule has 1 nitrogen and oxygen atoms in total. The van der Waals surface area contributed by atoms with Crippen molar-refractivity contribution in [3.8, 4) is 0 Å². The van der Waals surface area contributed by atoms with Gasteiger partial charge in [0.15, 0.2) is 0 Å². The topological polar surface area (TPSA) is 20.2 Å². The Morgan fingerprint density at radius 1 is 0.842 bits per heavy atom. The highest BCUT2D eigenvalue weighted by Gasteiger charge is 2.17. The summed E-state index contributed by atoms with van der Waals surface area (Å²) < 4.78 is 0. The first kappa shape index (κ1) is 14.4. The number of hydrogen-bond acceptors (Lipinski definition) is 1. The van der Waals surface area contributed by atoms with Gasteiger partial charge in [-0.05, 0) is 61.2 Å². The maximum Gasteiger partial charge on any atom is 0.106 e. The lowest BCUT2D eigenvalue weighted by molar-refractivity contribution is 0.219. The standard InChI is InChI=1S/C16H16Cl2O/c1-9-6-11(3)13(7-10(9)2)16(19)14-8-12(17)4-5-15(14)18/h4-8,16,19H,1-3H3. The van der Waals surface area contributed by atoms with Crippen LogP contribution in [0.2, 0.25) is 10.0 Å². The molecule has 2 aromatic rings. The first-order chi connectivity index (χ1) is 8.90. The maximum atomic E-state index is 10.6. The fraction of sp³-hybridized carbons (Fsp3) is 0.250. The Hall–Kier alpha value is -1.02. The summed E-state index contributed by atoms with van der Waals surface area (Å²) in [5, 5.41) is 11.6. The van der Waals surface area contributed by atoms with Crippen molar-refractivity contribution in [2.24, 2.45) is 0 Å². The summed E-state index contributed by atoms with van der Waals surface area (Å²) in [6.07, 6.45) is -0.759. The number of halogens is 2. The number of aliphatic hydroxyl groups is 1. The number of rotatable bonds is 2. The van der Waals surface area contributed by atoms with E-state index in [9.17, 15) is 5.11 Å². The van der Waals surface area contributed by atoms with Gasteiger partial charge in [0.05, 0.1) is 0 Å². The molecule has 0 aliphatic rings. The average Bonchev–Trinajstić information content (AvgIpc) is 2.36. The summed E-state index contributed by atoms with van der Waals surface area (Å²) in [7, 11) is 0. The average molecular weight is 295 g/mol. The van der Waals surface area contributed by atoms with Gasteiger partial charge >= 0.3 is 0 Å². The summed E-state index contributed by atoms with van der Waals surface area (Å²) >= 11 is 12.1. The van der Waals surface area contributed by atoms with Crippen LogP contribution >= 0.6 is 23.2 Å². The minimum absolute atomic E-state index is 0.523. The summed E-state index contributed by atoms with van der Waals surface area (Å²) in [5.74, 6) is 0. The Bertz CT molecular complexity index is 620. The predicted octanol–water partition coefficient (Wildman–Crippen LogP) is 5.00. The van der Waals surface area contributed by atoms with Crippen LogP contribution < -0.4 is 0 Å². The monoisotopic (exact) mass is 294 g/mol. The third-order valence-electron chi connectivity index (χ3n) is 3.43. The van der Waals surface area contributed by atoms with E-state index >= 15 is 0 Å². The fourth-order valence-corrected chi connectivity index (χ4v) is 2.57. The van der Waals surface area contributed by atoms with Crippen molar-refractivity contribution in [3.63, 3.8) is 0 Å². The van der Waals surface area contributed by atoms with Crippen LogP contribution in [0.25, 0.3) is 0 Å². The molecule has 3 heteroatoms. The van der Waals surface area contributed by atoms with Gasteiger partial charge in [0.25, 0.3) is 0 Å². The largest absolute Gasteiger partial charge is 0.384 e. The van der Waals surface area contributed by atoms with E-state index in [1.807, 2.05) is 19.9 Å². The lowest BCUT2D eigenvalue weighted by Crippen LogP contribution is -2.04. The van der Waals surface area contributed by atoms with Gasteiger partial charge in [-0.3, -0.25) is 0 Å². The third kappa shape index (κ3) is 2.94. The lowest BCUT2D eigenvalue weighted by atomic mass is 9.93. The van der Waals surface area contributed by atoms with Crippen LogP contribution in [0.4, 0.5) is 0 Å². The molecular formula is C16H16Cl2O. The highest BCUT2D eigenvalue weighted by Crippen LogP contribution is 2.33. The minimum Gasteiger partial charge on any atom is -0.384 e. The van der Waals surface area contributed by atoms with Crippen LogP contribution in [-0.4, -0.2) is 5.11 Å². The molecule has 0 heterocycles. The van der Waals surface area contributed by atoms with Crippen molar-refractivity contribution in [1.29, 1.82) is 0 Å². The molecule has 0 aliphatic heterocycles. The summed E-state index contributed by atoms with van der Waals surface area (Å²) in [4.78, 5) is 0. The minimum atomic E-state index is -0.759. The molecule has 2 rings (SSSR count). The Balaban J connectivity index is 2.52. The van der Waals surface area contributed by atoms with E-state index in [4.69, 9.17) is 23.2 Å². The van der Waals surface area contributed by atoms with Crippen LogP contribution in [-0.2, 0) is 0 Å². The zero-order chi connectivity index (χ0) is 14.2. The van der Waals surface area contributed by atoms with Gasteiger partial charge in [-0.15, -0.1) is 0 Å². The first-order valence-electron chi connectivity index (χ1n) is 6.11. The second-order valence-corrected chi connectivity index (χ2v) is 5.71. The van der Waals surface area contributed by atoms with E-state index < -0.39 is 6.10 Å². The van der Waals surface area contributed by atoms with Crippen molar-refractivity contribution < 1.29 is 5.11 Å². The van der Waals surface area contributed by atoms with Crippen molar-refractivity contribution in [2.45, 2.75) is 26.9 Å². The highest BCUT2D eigenvalue weighted by atomic mass is 35.5. The molecule has 19 heavy (non-hydrogen) atoms. The van der Waals surface area contributed by atoms with Crippen LogP contribution in [0.3, 0.4) is 0 Å². The Morgan fingerprint density at radius 3 is 2.16 bits per heavy atom. The first-order valence-corrected chi connectivity index (χ1v) is 6.86. The molecule has 0 saturated heterocycles. The normalized spacial score (nSPS) is 12.5. The highest BCUT2D eigenvalue weighted by molar-refractivity contribution is 6.33. The molecule has 0 aliphatic carbocycles. The molecule has 0 saturated carbocycles. The Labute approximate surface area is 123 Å². The van der Waals surface area contributed by atoms with Crippen LogP contribution in [0.1, 0.15) is 33.9 Å². The van der Waals surface area contributed by atoms with E-state index in [0.29, 0.717) is 15.6 Å². The van der Waals surface area contributed by atoms with Gasteiger partial charge in [-0.25, -0.2) is 0 Å². The molecule has 0 fully saturated rings. The number of benzene rings is 2. The molecule has 0 aromatic heterocycles. The van der Waals surface area contributed by atoms with Crippen molar-refractivity contribution in [3.05, 3.63) is 68.2 Å². The second-order valence-electron chi connectivity index (χ2n) is 4.86. The smallest absolute Gasteiger partial charge is 0.106 e. The second kappa shape index (κ2) is 5.54. The Kier molecular flexibility index (Phi) is 4.19. The quantitative estimate of drug-likeness (QED) is 0.826. The molecule has 2 aromatic carbocycles. The fourth-order valence-electron chi connectivity index (χ4n) is 2.17. The van der Waals surface area contributed by atoms with Crippen molar-refractivity contribution in [2.75, 3.05) is 0 Å². The molecule has 0 amide bonds. The molecule has 1 unspecified atom stereocenters. The third-order valence-corrected chi connectivity index (χ3v) is 4.01. The van der Waals surface area contributed by atoms with Crippen LogP contribution in [0, 0.1) is 20.8 Å². The van der Waals surface area contributed by atoms with Gasteiger partial charge in [0.2, 0.25) is 0 Å². The molecule has 1 N–H and O–H groups in total. The van der Waals surface area contributed by atoms with Gasteiger partial charge in [0, 0.05) is 15.6 Å². The summed E-state index contributed by atoms with van der Waals surface area (Å²) in [6, 6.07) is 9.22. The van der Waals surface area contributed by atoms with E-state index in [-0.39, 0.29) is 0 Å². The SMILES string of the molecule is Cc1cc(C)c(C(O)c2cc(Cl)ccc2Cl)cc1C. The van der Waals surface area contributed by atoms with E-state index in [2.05, 4.69) is 13.0 Å². The Morgan fingerprint density at radius 2 is 1.47 bits per heavy atom. The van der Waals surface area contributed by atoms with E-state index in [0.717, 1.165) is 16.7 Å². The summed E-state index contributed by atoms with van der Waals surface area (Å²) in [5.41, 5.74) is 4.92. The molecule has 1 atom stereocenters. The predicted molar refractivity (Wildman–Crippen MR) is 81.2 cm³/mol. The van der Waals surface area contributed by atoms with Gasteiger partial charge in [-0.2, -0.15) is 0 Å². The van der Waals surface area contributed by atoms with Crippen LogP contribution in [0.5, 0.6) is 0 Å². The summed E-state index contributed by atoms with van der Waals surface area (Å²) in [6.45, 7) is 6.08. The van der Waals surface area contributed by atoms with Gasteiger partial charge in [-0.1, -0.05) is 35.3 Å². The molecular weight excluding hydrogens is 279 g/mol. The van der Waals surface area contributed by atoms with Gasteiger partial charge < -0.3 is 5.11 Å². The van der Waals surface area contributed by atoms with E-state index in [1.165, 1.54) is 5.56 Å². The zero-order valence-electron chi connectivity index (χ0n) is 11.2. The zero-order valence-corrected chi connectivity index (χ0v) is 12.7.